The van der Waals surface area contributed by atoms with Crippen LogP contribution in [0.3, 0.4) is 0 Å². The van der Waals surface area contributed by atoms with Crippen LogP contribution in [0.5, 0.6) is 0 Å². The van der Waals surface area contributed by atoms with Crippen molar-refractivity contribution in [3.05, 3.63) is 65.7 Å². The molecule has 1 nitrogen and oxygen atoms in total. The molecule has 1 unspecified atom stereocenters. The maximum Gasteiger partial charge on any atom is 0.0415 e. The summed E-state index contributed by atoms with van der Waals surface area (Å²) in [5.74, 6) is 1.06. The highest BCUT2D eigenvalue weighted by atomic mass is 32.2. The first-order chi connectivity index (χ1) is 9.83. The third-order valence-corrected chi connectivity index (χ3v) is 4.48. The predicted octanol–water partition coefficient (Wildman–Crippen LogP) is 4.69. The lowest BCUT2D eigenvalue weighted by Crippen LogP contribution is -2.23. The molecule has 0 aliphatic heterocycles. The molecule has 0 saturated heterocycles. The lowest BCUT2D eigenvalue weighted by atomic mass is 10.0. The number of hydrogen-bond donors (Lipinski definition) is 1. The molecule has 0 spiro atoms. The molecule has 20 heavy (non-hydrogen) atoms. The van der Waals surface area contributed by atoms with E-state index in [1.807, 2.05) is 11.8 Å². The van der Waals surface area contributed by atoms with Gasteiger partial charge in [-0.15, -0.1) is 11.8 Å². The zero-order valence-electron chi connectivity index (χ0n) is 12.3. The summed E-state index contributed by atoms with van der Waals surface area (Å²) in [5, 5.41) is 3.60. The van der Waals surface area contributed by atoms with Gasteiger partial charge in [0, 0.05) is 16.7 Å². The topological polar surface area (TPSA) is 12.0 Å². The van der Waals surface area contributed by atoms with Gasteiger partial charge in [0.1, 0.15) is 0 Å². The fourth-order valence-corrected chi connectivity index (χ4v) is 3.26. The molecule has 0 radical (unpaired) electrons. The monoisotopic (exact) mass is 285 g/mol. The molecule has 0 aliphatic carbocycles. The van der Waals surface area contributed by atoms with E-state index in [2.05, 4.69) is 73.8 Å². The maximum atomic E-state index is 3.60. The summed E-state index contributed by atoms with van der Waals surface area (Å²) in [6, 6.07) is 20.0. The number of rotatable bonds is 7. The van der Waals surface area contributed by atoms with Crippen molar-refractivity contribution in [2.24, 2.45) is 0 Å². The molecular formula is C18H23NS. The normalized spacial score (nSPS) is 12.3. The molecule has 2 aromatic carbocycles. The number of aryl methyl sites for hydroxylation is 1. The van der Waals surface area contributed by atoms with Gasteiger partial charge in [-0.2, -0.15) is 0 Å². The highest BCUT2D eigenvalue weighted by molar-refractivity contribution is 7.99. The molecule has 0 bridgehead atoms. The minimum absolute atomic E-state index is 0.414. The summed E-state index contributed by atoms with van der Waals surface area (Å²) >= 11 is 1.91. The average Bonchev–Trinajstić information content (AvgIpc) is 2.52. The van der Waals surface area contributed by atoms with Crippen LogP contribution in [-0.2, 0) is 6.42 Å². The molecule has 2 heteroatoms. The van der Waals surface area contributed by atoms with Crippen molar-refractivity contribution >= 4 is 11.8 Å². The largest absolute Gasteiger partial charge is 0.309 e. The first kappa shape index (κ1) is 15.1. The Balaban J connectivity index is 2.06. The Morgan fingerprint density at radius 1 is 1.00 bits per heavy atom. The third-order valence-electron chi connectivity index (χ3n) is 3.37. The van der Waals surface area contributed by atoms with E-state index in [4.69, 9.17) is 0 Å². The molecule has 0 fully saturated rings. The second-order valence-corrected chi connectivity index (χ2v) is 5.93. The Bertz CT molecular complexity index is 510. The fourth-order valence-electron chi connectivity index (χ4n) is 2.25. The van der Waals surface area contributed by atoms with E-state index in [0.717, 1.165) is 18.7 Å². The van der Waals surface area contributed by atoms with E-state index in [-0.39, 0.29) is 0 Å². The highest BCUT2D eigenvalue weighted by Gasteiger charge is 2.11. The van der Waals surface area contributed by atoms with Crippen molar-refractivity contribution < 1.29 is 0 Å². The van der Waals surface area contributed by atoms with Gasteiger partial charge in [0.15, 0.2) is 0 Å². The summed E-state index contributed by atoms with van der Waals surface area (Å²) < 4.78 is 0. The molecule has 0 heterocycles. The van der Waals surface area contributed by atoms with Crippen molar-refractivity contribution in [1.82, 2.24) is 5.32 Å². The molecule has 1 atom stereocenters. The minimum Gasteiger partial charge on any atom is -0.309 e. The zero-order valence-corrected chi connectivity index (χ0v) is 13.1. The predicted molar refractivity (Wildman–Crippen MR) is 89.4 cm³/mol. The van der Waals surface area contributed by atoms with Crippen LogP contribution in [-0.4, -0.2) is 12.3 Å². The van der Waals surface area contributed by atoms with Crippen molar-refractivity contribution in [3.63, 3.8) is 0 Å². The van der Waals surface area contributed by atoms with Crippen LogP contribution < -0.4 is 5.32 Å². The molecule has 0 aromatic heterocycles. The second kappa shape index (κ2) is 8.13. The van der Waals surface area contributed by atoms with Gasteiger partial charge in [-0.25, -0.2) is 0 Å². The van der Waals surface area contributed by atoms with Crippen LogP contribution >= 0.6 is 11.8 Å². The van der Waals surface area contributed by atoms with Crippen molar-refractivity contribution in [2.45, 2.75) is 31.2 Å². The van der Waals surface area contributed by atoms with Gasteiger partial charge in [0.05, 0.1) is 0 Å². The first-order valence-corrected chi connectivity index (χ1v) is 8.32. The van der Waals surface area contributed by atoms with Crippen molar-refractivity contribution in [2.75, 3.05) is 12.3 Å². The van der Waals surface area contributed by atoms with Crippen LogP contribution in [0.15, 0.2) is 59.5 Å². The molecule has 0 amide bonds. The molecule has 1 N–H and O–H groups in total. The fraction of sp³-hybridized carbons (Fsp3) is 0.333. The highest BCUT2D eigenvalue weighted by Crippen LogP contribution is 2.25. The molecule has 2 rings (SSSR count). The first-order valence-electron chi connectivity index (χ1n) is 7.33. The standard InChI is InChI=1S/C18H23NS/c1-3-15-9-8-10-16(13-15)18(19-4-2)14-20-17-11-6-5-7-12-17/h5-13,18-19H,3-4,14H2,1-2H3. The van der Waals surface area contributed by atoms with E-state index >= 15 is 0 Å². The summed E-state index contributed by atoms with van der Waals surface area (Å²) in [6.45, 7) is 5.38. The van der Waals surface area contributed by atoms with Crippen LogP contribution in [0.25, 0.3) is 0 Å². The lowest BCUT2D eigenvalue weighted by Gasteiger charge is -2.19. The molecule has 0 aliphatic rings. The Hall–Kier alpha value is -1.25. The van der Waals surface area contributed by atoms with E-state index in [1.165, 1.54) is 16.0 Å². The summed E-state index contributed by atoms with van der Waals surface area (Å²) in [7, 11) is 0. The van der Waals surface area contributed by atoms with E-state index in [1.54, 1.807) is 0 Å². The van der Waals surface area contributed by atoms with Crippen molar-refractivity contribution in [1.29, 1.82) is 0 Å². The van der Waals surface area contributed by atoms with Gasteiger partial charge in [-0.1, -0.05) is 56.3 Å². The molecule has 2 aromatic rings. The Morgan fingerprint density at radius 2 is 1.80 bits per heavy atom. The average molecular weight is 285 g/mol. The zero-order chi connectivity index (χ0) is 14.2. The smallest absolute Gasteiger partial charge is 0.0415 e. The summed E-state index contributed by atoms with van der Waals surface area (Å²) in [6.07, 6.45) is 1.10. The van der Waals surface area contributed by atoms with Gasteiger partial charge in [-0.05, 0) is 36.2 Å². The number of hydrogen-bond acceptors (Lipinski definition) is 2. The Morgan fingerprint density at radius 3 is 2.50 bits per heavy atom. The number of thioether (sulfide) groups is 1. The Kier molecular flexibility index (Phi) is 6.16. The van der Waals surface area contributed by atoms with Gasteiger partial charge in [0.25, 0.3) is 0 Å². The maximum absolute atomic E-state index is 3.60. The van der Waals surface area contributed by atoms with E-state index < -0.39 is 0 Å². The SMILES string of the molecule is CCNC(CSc1ccccc1)c1cccc(CC)c1. The summed E-state index contributed by atoms with van der Waals surface area (Å²) in [5.41, 5.74) is 2.81. The number of nitrogens with one attached hydrogen (secondary N) is 1. The quantitative estimate of drug-likeness (QED) is 0.741. The molecule has 0 saturated carbocycles. The lowest BCUT2D eigenvalue weighted by molar-refractivity contribution is 0.605. The van der Waals surface area contributed by atoms with Gasteiger partial charge in [-0.3, -0.25) is 0 Å². The van der Waals surface area contributed by atoms with Crippen LogP contribution in [0, 0.1) is 0 Å². The molecular weight excluding hydrogens is 262 g/mol. The van der Waals surface area contributed by atoms with Crippen LogP contribution in [0.2, 0.25) is 0 Å². The van der Waals surface area contributed by atoms with Gasteiger partial charge >= 0.3 is 0 Å². The third kappa shape index (κ3) is 4.39. The van der Waals surface area contributed by atoms with E-state index in [9.17, 15) is 0 Å². The van der Waals surface area contributed by atoms with E-state index in [0.29, 0.717) is 6.04 Å². The Labute approximate surface area is 126 Å². The van der Waals surface area contributed by atoms with Gasteiger partial charge < -0.3 is 5.32 Å². The van der Waals surface area contributed by atoms with Crippen LogP contribution in [0.1, 0.15) is 31.0 Å². The van der Waals surface area contributed by atoms with Crippen LogP contribution in [0.4, 0.5) is 0 Å². The number of benzene rings is 2. The van der Waals surface area contributed by atoms with Crippen molar-refractivity contribution in [3.8, 4) is 0 Å². The molecule has 106 valence electrons. The minimum atomic E-state index is 0.414. The summed E-state index contributed by atoms with van der Waals surface area (Å²) in [4.78, 5) is 1.34. The van der Waals surface area contributed by atoms with Gasteiger partial charge in [0.2, 0.25) is 0 Å². The second-order valence-electron chi connectivity index (χ2n) is 4.83.